The maximum Gasteiger partial charge on any atom is 0.123 e. The number of benzene rings is 1. The van der Waals surface area contributed by atoms with E-state index in [0.29, 0.717) is 30.8 Å². The van der Waals surface area contributed by atoms with Crippen molar-refractivity contribution in [3.05, 3.63) is 35.1 Å². The highest BCUT2D eigenvalue weighted by atomic mass is 32.1. The summed E-state index contributed by atoms with van der Waals surface area (Å²) in [5.74, 6) is -0.356. The quantitative estimate of drug-likeness (QED) is 0.674. The van der Waals surface area contributed by atoms with Crippen molar-refractivity contribution in [3.63, 3.8) is 0 Å². The molecule has 18 heavy (non-hydrogen) atoms. The molecule has 2 unspecified atom stereocenters. The number of likely N-dealkylation sites (tertiary alicyclic amines) is 1. The van der Waals surface area contributed by atoms with Crippen molar-refractivity contribution in [2.75, 3.05) is 13.1 Å². The van der Waals surface area contributed by atoms with Crippen molar-refractivity contribution >= 4 is 17.2 Å². The fraction of sp³-hybridized carbons (Fsp3) is 0.417. The highest BCUT2D eigenvalue weighted by molar-refractivity contribution is 7.80. The van der Waals surface area contributed by atoms with Crippen LogP contribution in [0.2, 0.25) is 0 Å². The minimum Gasteiger partial charge on any atom is -0.389 e. The van der Waals surface area contributed by atoms with E-state index in [1.165, 1.54) is 12.1 Å². The number of aliphatic hydroxyl groups excluding tert-OH is 2. The lowest BCUT2D eigenvalue weighted by Gasteiger charge is -2.17. The second kappa shape index (κ2) is 5.27. The third-order valence-corrected chi connectivity index (χ3v) is 3.28. The number of β-amino-alcohol motifs (C(OH)–C–C–N with tert-alkyl or cyclic N) is 2. The zero-order valence-corrected chi connectivity index (χ0v) is 10.5. The van der Waals surface area contributed by atoms with E-state index in [0.717, 1.165) is 0 Å². The predicted molar refractivity (Wildman–Crippen MR) is 69.6 cm³/mol. The number of halogens is 1. The minimum atomic E-state index is -0.758. The van der Waals surface area contributed by atoms with Crippen LogP contribution in [-0.4, -0.2) is 45.4 Å². The number of thiocarbonyl (C=S) groups is 1. The van der Waals surface area contributed by atoms with Gasteiger partial charge in [0.2, 0.25) is 0 Å². The van der Waals surface area contributed by atoms with Gasteiger partial charge >= 0.3 is 0 Å². The molecule has 6 heteroatoms. The van der Waals surface area contributed by atoms with Gasteiger partial charge in [-0.2, -0.15) is 0 Å². The summed E-state index contributed by atoms with van der Waals surface area (Å²) in [7, 11) is 0. The van der Waals surface area contributed by atoms with E-state index < -0.39 is 12.2 Å². The lowest BCUT2D eigenvalue weighted by atomic mass is 10.1. The highest BCUT2D eigenvalue weighted by Crippen LogP contribution is 2.18. The molecule has 1 saturated heterocycles. The molecule has 0 radical (unpaired) electrons. The first-order valence-corrected chi connectivity index (χ1v) is 6.05. The summed E-state index contributed by atoms with van der Waals surface area (Å²) in [6, 6.07) is 4.24. The van der Waals surface area contributed by atoms with Crippen LogP contribution in [0.15, 0.2) is 18.2 Å². The fourth-order valence-electron chi connectivity index (χ4n) is 2.15. The summed E-state index contributed by atoms with van der Waals surface area (Å²) in [5.41, 5.74) is 6.88. The molecule has 2 rings (SSSR count). The van der Waals surface area contributed by atoms with Crippen molar-refractivity contribution in [2.24, 2.45) is 5.73 Å². The number of nitrogens with two attached hydrogens (primary N) is 1. The van der Waals surface area contributed by atoms with Gasteiger partial charge in [-0.15, -0.1) is 0 Å². The number of hydrogen-bond acceptors (Lipinski definition) is 4. The van der Waals surface area contributed by atoms with Crippen molar-refractivity contribution in [2.45, 2.75) is 18.8 Å². The number of aliphatic hydroxyl groups is 2. The van der Waals surface area contributed by atoms with Crippen molar-refractivity contribution < 1.29 is 14.6 Å². The summed E-state index contributed by atoms with van der Waals surface area (Å²) >= 11 is 4.92. The average molecular weight is 270 g/mol. The first-order chi connectivity index (χ1) is 8.47. The Morgan fingerprint density at radius 2 is 2.00 bits per heavy atom. The van der Waals surface area contributed by atoms with Crippen LogP contribution in [0.4, 0.5) is 4.39 Å². The van der Waals surface area contributed by atoms with Gasteiger partial charge in [0.15, 0.2) is 0 Å². The Kier molecular flexibility index (Phi) is 3.91. The van der Waals surface area contributed by atoms with Gasteiger partial charge in [0.25, 0.3) is 0 Å². The van der Waals surface area contributed by atoms with E-state index in [4.69, 9.17) is 18.0 Å². The summed E-state index contributed by atoms with van der Waals surface area (Å²) in [4.78, 5) is 2.05. The molecule has 0 amide bonds. The summed E-state index contributed by atoms with van der Waals surface area (Å²) in [5, 5.41) is 18.9. The highest BCUT2D eigenvalue weighted by Gasteiger charge is 2.29. The summed E-state index contributed by atoms with van der Waals surface area (Å²) in [6.45, 7) is 1.11. The molecule has 98 valence electrons. The number of nitrogens with zero attached hydrogens (tertiary/aromatic N) is 1. The van der Waals surface area contributed by atoms with E-state index >= 15 is 0 Å². The monoisotopic (exact) mass is 270 g/mol. The molecule has 1 aromatic rings. The molecular weight excluding hydrogens is 255 g/mol. The number of hydrogen-bond donors (Lipinski definition) is 3. The van der Waals surface area contributed by atoms with Crippen LogP contribution in [0.3, 0.4) is 0 Å². The Morgan fingerprint density at radius 3 is 2.56 bits per heavy atom. The second-order valence-electron chi connectivity index (χ2n) is 4.49. The molecule has 1 aromatic carbocycles. The molecular formula is C12H15FN2O2S. The van der Waals surface area contributed by atoms with E-state index in [2.05, 4.69) is 0 Å². The first-order valence-electron chi connectivity index (χ1n) is 5.64. The Hall–Kier alpha value is -1.08. The van der Waals surface area contributed by atoms with Gasteiger partial charge in [0.1, 0.15) is 10.8 Å². The Bertz CT molecular complexity index is 459. The molecule has 0 aromatic heterocycles. The topological polar surface area (TPSA) is 69.7 Å². The van der Waals surface area contributed by atoms with Gasteiger partial charge in [-0.1, -0.05) is 12.2 Å². The maximum atomic E-state index is 13.2. The third kappa shape index (κ3) is 2.84. The zero-order chi connectivity index (χ0) is 13.3. The third-order valence-electron chi connectivity index (χ3n) is 3.06. The van der Waals surface area contributed by atoms with Crippen molar-refractivity contribution in [1.82, 2.24) is 4.90 Å². The van der Waals surface area contributed by atoms with Gasteiger partial charge in [-0.05, 0) is 23.8 Å². The molecule has 0 aliphatic carbocycles. The Labute approximate surface area is 110 Å². The SMILES string of the molecule is NC(=S)c1ccc(F)cc1CN1CC(O)C(O)C1. The molecule has 2 atom stereocenters. The van der Waals surface area contributed by atoms with Crippen LogP contribution in [0.25, 0.3) is 0 Å². The average Bonchev–Trinajstić information content (AvgIpc) is 2.57. The lowest BCUT2D eigenvalue weighted by molar-refractivity contribution is 0.0572. The van der Waals surface area contributed by atoms with E-state index in [1.54, 1.807) is 6.07 Å². The van der Waals surface area contributed by atoms with Gasteiger partial charge in [0, 0.05) is 25.2 Å². The Morgan fingerprint density at radius 1 is 1.39 bits per heavy atom. The smallest absolute Gasteiger partial charge is 0.123 e. The molecule has 4 N–H and O–H groups in total. The van der Waals surface area contributed by atoms with Crippen LogP contribution in [0.1, 0.15) is 11.1 Å². The van der Waals surface area contributed by atoms with Crippen LogP contribution in [0.5, 0.6) is 0 Å². The molecule has 1 fully saturated rings. The summed E-state index contributed by atoms with van der Waals surface area (Å²) < 4.78 is 13.2. The predicted octanol–water partition coefficient (Wildman–Crippen LogP) is -0.00270. The zero-order valence-electron chi connectivity index (χ0n) is 9.71. The largest absolute Gasteiger partial charge is 0.389 e. The minimum absolute atomic E-state index is 0.213. The van der Waals surface area contributed by atoms with Crippen molar-refractivity contribution in [1.29, 1.82) is 0 Å². The lowest BCUT2D eigenvalue weighted by Crippen LogP contribution is -2.24. The van der Waals surface area contributed by atoms with Gasteiger partial charge in [-0.25, -0.2) is 4.39 Å². The fourth-order valence-corrected chi connectivity index (χ4v) is 2.35. The first kappa shape index (κ1) is 13.4. The van der Waals surface area contributed by atoms with Crippen LogP contribution in [-0.2, 0) is 6.54 Å². The molecule has 1 aliphatic heterocycles. The molecule has 4 nitrogen and oxygen atoms in total. The van der Waals surface area contributed by atoms with Gasteiger partial charge < -0.3 is 15.9 Å². The van der Waals surface area contributed by atoms with Gasteiger partial charge in [-0.3, -0.25) is 4.90 Å². The molecule has 0 saturated carbocycles. The van der Waals surface area contributed by atoms with E-state index in [9.17, 15) is 14.6 Å². The Balaban J connectivity index is 2.18. The van der Waals surface area contributed by atoms with E-state index in [1.807, 2.05) is 4.90 Å². The standard InChI is InChI=1S/C12H15FN2O2S/c13-8-1-2-9(12(14)18)7(3-8)4-15-5-10(16)11(17)6-15/h1-3,10-11,16-17H,4-6H2,(H2,14,18). The van der Waals surface area contributed by atoms with Crippen LogP contribution in [0, 0.1) is 5.82 Å². The molecule has 0 bridgehead atoms. The van der Waals surface area contributed by atoms with Crippen LogP contribution < -0.4 is 5.73 Å². The second-order valence-corrected chi connectivity index (χ2v) is 4.93. The molecule has 1 aliphatic rings. The van der Waals surface area contributed by atoms with E-state index in [-0.39, 0.29) is 10.8 Å². The maximum absolute atomic E-state index is 13.2. The molecule has 0 spiro atoms. The number of rotatable bonds is 3. The summed E-state index contributed by atoms with van der Waals surface area (Å²) in [6.07, 6.45) is -1.52. The van der Waals surface area contributed by atoms with Crippen molar-refractivity contribution in [3.8, 4) is 0 Å². The van der Waals surface area contributed by atoms with Crippen LogP contribution >= 0.6 is 12.2 Å². The normalized spacial score (nSPS) is 24.4. The molecule has 1 heterocycles. The van der Waals surface area contributed by atoms with Gasteiger partial charge in [0.05, 0.1) is 12.2 Å².